The Morgan fingerprint density at radius 3 is 2.67 bits per heavy atom. The quantitative estimate of drug-likeness (QED) is 0.841. The van der Waals surface area contributed by atoms with E-state index < -0.39 is 0 Å². The number of ether oxygens (including phenoxy) is 2. The zero-order valence-electron chi connectivity index (χ0n) is 10.6. The van der Waals surface area contributed by atoms with Crippen LogP contribution in [0.3, 0.4) is 0 Å². The third kappa shape index (κ3) is 2.31. The summed E-state index contributed by atoms with van der Waals surface area (Å²) in [5.74, 6) is 1.40. The molecule has 5 heteroatoms. The van der Waals surface area contributed by atoms with Gasteiger partial charge in [-0.1, -0.05) is 0 Å². The van der Waals surface area contributed by atoms with Gasteiger partial charge in [-0.15, -0.1) is 0 Å². The van der Waals surface area contributed by atoms with E-state index in [9.17, 15) is 0 Å². The number of benzene rings is 1. The molecule has 3 N–H and O–H groups in total. The first-order valence-corrected chi connectivity index (χ1v) is 5.75. The average Bonchev–Trinajstić information content (AvgIpc) is 2.86. The Bertz CT molecular complexity index is 523. The Morgan fingerprint density at radius 2 is 2.00 bits per heavy atom. The normalized spacial score (nSPS) is 10.4. The first-order chi connectivity index (χ1) is 8.80. The number of hydrogen-bond acceptors (Lipinski definition) is 4. The molecule has 1 aromatic heterocycles. The summed E-state index contributed by atoms with van der Waals surface area (Å²) in [5, 5.41) is 0. The van der Waals surface area contributed by atoms with Gasteiger partial charge in [0.2, 0.25) is 0 Å². The molecule has 0 aliphatic rings. The highest BCUT2D eigenvalue weighted by atomic mass is 16.5. The smallest absolute Gasteiger partial charge is 0.161 e. The number of imidazole rings is 1. The lowest BCUT2D eigenvalue weighted by atomic mass is 10.1. The zero-order valence-corrected chi connectivity index (χ0v) is 10.6. The van der Waals surface area contributed by atoms with Crippen LogP contribution in [0.2, 0.25) is 0 Å². The van der Waals surface area contributed by atoms with E-state index in [0.29, 0.717) is 18.0 Å². The lowest BCUT2D eigenvalue weighted by molar-refractivity contribution is 0.355. The topological polar surface area (TPSA) is 73.2 Å². The summed E-state index contributed by atoms with van der Waals surface area (Å²) in [7, 11) is 3.24. The second kappa shape index (κ2) is 5.55. The molecule has 0 bridgehead atoms. The Hall–Kier alpha value is -2.01. The van der Waals surface area contributed by atoms with Crippen molar-refractivity contribution in [3.63, 3.8) is 0 Å². The van der Waals surface area contributed by atoms with Crippen LogP contribution < -0.4 is 15.2 Å². The van der Waals surface area contributed by atoms with Crippen LogP contribution in [-0.2, 0) is 6.42 Å². The molecule has 0 unspecified atom stereocenters. The molecule has 2 rings (SSSR count). The number of nitrogens with two attached hydrogens (primary N) is 1. The summed E-state index contributed by atoms with van der Waals surface area (Å²) < 4.78 is 10.5. The van der Waals surface area contributed by atoms with E-state index in [1.807, 2.05) is 18.2 Å². The molecule has 0 radical (unpaired) electrons. The fourth-order valence-corrected chi connectivity index (χ4v) is 1.89. The Balaban J connectivity index is 2.41. The molecule has 0 saturated carbocycles. The lowest BCUT2D eigenvalue weighted by Gasteiger charge is -2.09. The predicted octanol–water partition coefficient (Wildman–Crippen LogP) is 1.60. The van der Waals surface area contributed by atoms with Crippen molar-refractivity contribution < 1.29 is 9.47 Å². The summed E-state index contributed by atoms with van der Waals surface area (Å²) >= 11 is 0. The third-order valence-electron chi connectivity index (χ3n) is 2.77. The van der Waals surface area contributed by atoms with Crippen molar-refractivity contribution in [2.45, 2.75) is 6.42 Å². The van der Waals surface area contributed by atoms with Crippen molar-refractivity contribution in [3.05, 3.63) is 30.2 Å². The van der Waals surface area contributed by atoms with Crippen LogP contribution >= 0.6 is 0 Å². The number of H-pyrrole nitrogens is 1. The van der Waals surface area contributed by atoms with Crippen LogP contribution in [0.1, 0.15) is 5.69 Å². The van der Waals surface area contributed by atoms with E-state index in [2.05, 4.69) is 9.97 Å². The van der Waals surface area contributed by atoms with Gasteiger partial charge in [0.1, 0.15) is 0 Å². The Kier molecular flexibility index (Phi) is 3.84. The largest absolute Gasteiger partial charge is 0.493 e. The van der Waals surface area contributed by atoms with Crippen LogP contribution in [-0.4, -0.2) is 30.7 Å². The molecule has 18 heavy (non-hydrogen) atoms. The van der Waals surface area contributed by atoms with E-state index in [1.54, 1.807) is 20.5 Å². The van der Waals surface area contributed by atoms with Crippen LogP contribution in [0, 0.1) is 0 Å². The highest BCUT2D eigenvalue weighted by molar-refractivity contribution is 5.66. The summed E-state index contributed by atoms with van der Waals surface area (Å²) in [4.78, 5) is 7.44. The Morgan fingerprint density at radius 1 is 1.22 bits per heavy atom. The second-order valence-corrected chi connectivity index (χ2v) is 3.84. The van der Waals surface area contributed by atoms with Crippen molar-refractivity contribution >= 4 is 0 Å². The number of nitrogens with one attached hydrogen (secondary N) is 1. The molecule has 96 valence electrons. The van der Waals surface area contributed by atoms with Crippen LogP contribution in [0.15, 0.2) is 24.5 Å². The average molecular weight is 247 g/mol. The number of hydrogen-bond donors (Lipinski definition) is 2. The second-order valence-electron chi connectivity index (χ2n) is 3.84. The molecule has 1 aromatic carbocycles. The number of rotatable bonds is 5. The minimum atomic E-state index is 0.586. The van der Waals surface area contributed by atoms with Crippen molar-refractivity contribution in [1.29, 1.82) is 0 Å². The molecule has 0 spiro atoms. The molecule has 0 fully saturated rings. The summed E-state index contributed by atoms with van der Waals surface area (Å²) in [6, 6.07) is 5.74. The summed E-state index contributed by atoms with van der Waals surface area (Å²) in [6.07, 6.45) is 2.45. The number of aromatic amines is 1. The molecule has 0 aliphatic carbocycles. The van der Waals surface area contributed by atoms with Gasteiger partial charge in [0.15, 0.2) is 11.5 Å². The van der Waals surface area contributed by atoms with E-state index in [1.165, 1.54) is 0 Å². The lowest BCUT2D eigenvalue weighted by Crippen LogP contribution is -2.04. The van der Waals surface area contributed by atoms with Crippen LogP contribution in [0.4, 0.5) is 0 Å². The first-order valence-electron chi connectivity index (χ1n) is 5.75. The highest BCUT2D eigenvalue weighted by Gasteiger charge is 2.11. The summed E-state index contributed by atoms with van der Waals surface area (Å²) in [5.41, 5.74) is 8.50. The van der Waals surface area contributed by atoms with Crippen LogP contribution in [0.25, 0.3) is 11.3 Å². The monoisotopic (exact) mass is 247 g/mol. The van der Waals surface area contributed by atoms with Crippen molar-refractivity contribution in [2.24, 2.45) is 5.73 Å². The molecule has 0 saturated heterocycles. The molecule has 1 heterocycles. The van der Waals surface area contributed by atoms with Gasteiger partial charge in [-0.25, -0.2) is 4.98 Å². The highest BCUT2D eigenvalue weighted by Crippen LogP contribution is 2.32. The molecule has 5 nitrogen and oxygen atoms in total. The molecule has 0 aliphatic heterocycles. The van der Waals surface area contributed by atoms with Crippen molar-refractivity contribution in [2.75, 3.05) is 20.8 Å². The maximum absolute atomic E-state index is 5.58. The molecular weight excluding hydrogens is 230 g/mol. The van der Waals surface area contributed by atoms with Crippen LogP contribution in [0.5, 0.6) is 11.5 Å². The standard InChI is InChI=1S/C13H17N3O2/c1-17-11-4-3-9(7-12(11)18-2)13-10(5-6-14)15-8-16-13/h3-4,7-8H,5-6,14H2,1-2H3,(H,15,16). The fourth-order valence-electron chi connectivity index (χ4n) is 1.89. The van der Waals surface area contributed by atoms with Gasteiger partial charge in [0.05, 0.1) is 26.2 Å². The molecule has 0 amide bonds. The third-order valence-corrected chi connectivity index (χ3v) is 2.77. The van der Waals surface area contributed by atoms with Gasteiger partial charge in [0, 0.05) is 17.7 Å². The van der Waals surface area contributed by atoms with E-state index in [4.69, 9.17) is 15.2 Å². The Labute approximate surface area is 106 Å². The maximum atomic E-state index is 5.58. The van der Waals surface area contributed by atoms with Gasteiger partial charge in [0.25, 0.3) is 0 Å². The number of aromatic nitrogens is 2. The van der Waals surface area contributed by atoms with E-state index in [0.717, 1.165) is 23.4 Å². The van der Waals surface area contributed by atoms with Gasteiger partial charge in [-0.2, -0.15) is 0 Å². The SMILES string of the molecule is COc1ccc(-c2nc[nH]c2CCN)cc1OC. The van der Waals surface area contributed by atoms with E-state index >= 15 is 0 Å². The van der Waals surface area contributed by atoms with Crippen molar-refractivity contribution in [3.8, 4) is 22.8 Å². The van der Waals surface area contributed by atoms with Gasteiger partial charge < -0.3 is 20.2 Å². The van der Waals surface area contributed by atoms with Gasteiger partial charge >= 0.3 is 0 Å². The number of nitrogens with zero attached hydrogens (tertiary/aromatic N) is 1. The van der Waals surface area contributed by atoms with Crippen molar-refractivity contribution in [1.82, 2.24) is 9.97 Å². The minimum Gasteiger partial charge on any atom is -0.493 e. The zero-order chi connectivity index (χ0) is 13.0. The first kappa shape index (κ1) is 12.4. The molecule has 2 aromatic rings. The maximum Gasteiger partial charge on any atom is 0.161 e. The van der Waals surface area contributed by atoms with Gasteiger partial charge in [-0.3, -0.25) is 0 Å². The van der Waals surface area contributed by atoms with Gasteiger partial charge in [-0.05, 0) is 24.7 Å². The minimum absolute atomic E-state index is 0.586. The fraction of sp³-hybridized carbons (Fsp3) is 0.308. The predicted molar refractivity (Wildman–Crippen MR) is 69.9 cm³/mol. The molecular formula is C13H17N3O2. The number of methoxy groups -OCH3 is 2. The van der Waals surface area contributed by atoms with E-state index in [-0.39, 0.29) is 0 Å². The summed E-state index contributed by atoms with van der Waals surface area (Å²) in [6.45, 7) is 0.586. The molecule has 0 atom stereocenters.